The van der Waals surface area contributed by atoms with E-state index in [1.54, 1.807) is 0 Å². The maximum atomic E-state index is 12.0. The Labute approximate surface area is 134 Å². The zero-order valence-corrected chi connectivity index (χ0v) is 13.4. The second kappa shape index (κ2) is 6.15. The third kappa shape index (κ3) is 3.29. The second-order valence-corrected chi connectivity index (χ2v) is 7.03. The first kappa shape index (κ1) is 15.7. The summed E-state index contributed by atoms with van der Waals surface area (Å²) in [7, 11) is -2.41. The van der Waals surface area contributed by atoms with Gasteiger partial charge in [-0.05, 0) is 35.9 Å². The lowest BCUT2D eigenvalue weighted by Gasteiger charge is -2.06. The number of amides is 1. The highest BCUT2D eigenvalue weighted by molar-refractivity contribution is 7.89. The van der Waals surface area contributed by atoms with E-state index >= 15 is 0 Å². The highest BCUT2D eigenvalue weighted by Crippen LogP contribution is 2.17. The molecule has 1 aliphatic heterocycles. The largest absolute Gasteiger partial charge is 0.438 e. The van der Waals surface area contributed by atoms with Crippen molar-refractivity contribution in [2.45, 2.75) is 24.7 Å². The van der Waals surface area contributed by atoms with Crippen LogP contribution in [0.5, 0.6) is 0 Å². The van der Waals surface area contributed by atoms with Crippen molar-refractivity contribution in [1.29, 1.82) is 0 Å². The van der Waals surface area contributed by atoms with Gasteiger partial charge in [0, 0.05) is 19.6 Å². The highest BCUT2D eigenvalue weighted by atomic mass is 32.2. The lowest BCUT2D eigenvalue weighted by molar-refractivity contribution is 0.0918. The van der Waals surface area contributed by atoms with Gasteiger partial charge in [-0.25, -0.2) is 13.1 Å². The standard InChI is InChI=1S/C15H17N3O4S/c1-16-23(20,21)14-5-4-13(22-14)15(19)18-7-10-2-3-11-8-17-9-12(11)6-10/h2-6,16-17H,7-9H2,1H3,(H,18,19). The average molecular weight is 335 g/mol. The Bertz CT molecular complexity index is 842. The van der Waals surface area contributed by atoms with Crippen LogP contribution < -0.4 is 15.4 Å². The summed E-state index contributed by atoms with van der Waals surface area (Å²) in [5, 5.41) is 5.70. The normalized spacial score (nSPS) is 13.8. The van der Waals surface area contributed by atoms with Gasteiger partial charge in [0.15, 0.2) is 5.76 Å². The molecule has 0 spiro atoms. The van der Waals surface area contributed by atoms with Crippen molar-refractivity contribution in [2.75, 3.05) is 7.05 Å². The van der Waals surface area contributed by atoms with E-state index in [-0.39, 0.29) is 10.9 Å². The minimum absolute atomic E-state index is 0.0401. The molecular weight excluding hydrogens is 318 g/mol. The second-order valence-electron chi connectivity index (χ2n) is 5.22. The quantitative estimate of drug-likeness (QED) is 0.747. The Morgan fingerprint density at radius 2 is 2.00 bits per heavy atom. The first-order valence-corrected chi connectivity index (χ1v) is 8.61. The van der Waals surface area contributed by atoms with Gasteiger partial charge < -0.3 is 15.1 Å². The van der Waals surface area contributed by atoms with Crippen LogP contribution in [-0.4, -0.2) is 21.4 Å². The maximum absolute atomic E-state index is 12.0. The fourth-order valence-corrected chi connectivity index (χ4v) is 3.06. The SMILES string of the molecule is CNS(=O)(=O)c1ccc(C(=O)NCc2ccc3c(c2)CNC3)o1. The van der Waals surface area contributed by atoms with Crippen LogP contribution in [0.3, 0.4) is 0 Å². The summed E-state index contributed by atoms with van der Waals surface area (Å²) in [6, 6.07) is 8.65. The van der Waals surface area contributed by atoms with Gasteiger partial charge in [0.05, 0.1) is 0 Å². The van der Waals surface area contributed by atoms with Gasteiger partial charge in [-0.15, -0.1) is 0 Å². The number of furan rings is 1. The van der Waals surface area contributed by atoms with E-state index in [0.717, 1.165) is 18.7 Å². The summed E-state index contributed by atoms with van der Waals surface area (Å²) in [4.78, 5) is 12.0. The van der Waals surface area contributed by atoms with E-state index in [1.165, 1.54) is 30.3 Å². The van der Waals surface area contributed by atoms with E-state index < -0.39 is 15.9 Å². The van der Waals surface area contributed by atoms with Gasteiger partial charge in [-0.3, -0.25) is 4.79 Å². The number of sulfonamides is 1. The van der Waals surface area contributed by atoms with Crippen LogP contribution in [-0.2, 0) is 29.7 Å². The van der Waals surface area contributed by atoms with E-state index in [2.05, 4.69) is 21.4 Å². The van der Waals surface area contributed by atoms with Crippen molar-refractivity contribution in [1.82, 2.24) is 15.4 Å². The molecule has 2 heterocycles. The molecule has 0 unspecified atom stereocenters. The Morgan fingerprint density at radius 3 is 2.78 bits per heavy atom. The third-order valence-electron chi connectivity index (χ3n) is 3.69. The van der Waals surface area contributed by atoms with Crippen molar-refractivity contribution in [3.05, 3.63) is 52.8 Å². The molecule has 3 N–H and O–H groups in total. The Hall–Kier alpha value is -2.16. The zero-order valence-electron chi connectivity index (χ0n) is 12.5. The number of carbonyl (C=O) groups excluding carboxylic acids is 1. The summed E-state index contributed by atoms with van der Waals surface area (Å²) in [6.07, 6.45) is 0. The topological polar surface area (TPSA) is 100 Å². The van der Waals surface area contributed by atoms with Crippen LogP contribution in [0.1, 0.15) is 27.2 Å². The number of nitrogens with one attached hydrogen (secondary N) is 3. The number of fused-ring (bicyclic) bond motifs is 1. The minimum atomic E-state index is -3.69. The number of hydrogen-bond donors (Lipinski definition) is 3. The van der Waals surface area contributed by atoms with Crippen molar-refractivity contribution < 1.29 is 17.6 Å². The van der Waals surface area contributed by atoms with E-state index in [9.17, 15) is 13.2 Å². The van der Waals surface area contributed by atoms with Crippen LogP contribution in [0.4, 0.5) is 0 Å². The maximum Gasteiger partial charge on any atom is 0.287 e. The Kier molecular flexibility index (Phi) is 4.20. The zero-order chi connectivity index (χ0) is 16.4. The fraction of sp³-hybridized carbons (Fsp3) is 0.267. The summed E-state index contributed by atoms with van der Waals surface area (Å²) >= 11 is 0. The molecule has 0 saturated heterocycles. The molecule has 1 aromatic carbocycles. The molecule has 23 heavy (non-hydrogen) atoms. The molecule has 3 rings (SSSR count). The molecule has 0 fully saturated rings. The molecule has 1 aromatic heterocycles. The van der Waals surface area contributed by atoms with Crippen molar-refractivity contribution in [2.24, 2.45) is 0 Å². The molecule has 1 amide bonds. The average Bonchev–Trinajstić information content (AvgIpc) is 3.21. The van der Waals surface area contributed by atoms with Crippen molar-refractivity contribution in [3.63, 3.8) is 0 Å². The van der Waals surface area contributed by atoms with E-state index in [4.69, 9.17) is 4.42 Å². The number of benzene rings is 1. The van der Waals surface area contributed by atoms with Crippen LogP contribution in [0.15, 0.2) is 39.8 Å². The van der Waals surface area contributed by atoms with Crippen LogP contribution in [0.2, 0.25) is 0 Å². The molecular formula is C15H17N3O4S. The predicted molar refractivity (Wildman–Crippen MR) is 83.1 cm³/mol. The Balaban J connectivity index is 1.66. The van der Waals surface area contributed by atoms with Gasteiger partial charge in [0.25, 0.3) is 15.9 Å². The molecule has 8 heteroatoms. The summed E-state index contributed by atoms with van der Waals surface area (Å²) < 4.78 is 30.4. The molecule has 0 atom stereocenters. The molecule has 7 nitrogen and oxygen atoms in total. The minimum Gasteiger partial charge on any atom is -0.438 e. The summed E-state index contributed by atoms with van der Waals surface area (Å²) in [5.74, 6) is -0.497. The predicted octanol–water partition coefficient (Wildman–Crippen LogP) is 0.721. The van der Waals surface area contributed by atoms with Gasteiger partial charge >= 0.3 is 0 Å². The molecule has 0 radical (unpaired) electrons. The number of hydrogen-bond acceptors (Lipinski definition) is 5. The van der Waals surface area contributed by atoms with E-state index in [0.29, 0.717) is 6.54 Å². The fourth-order valence-electron chi connectivity index (χ4n) is 2.41. The molecule has 122 valence electrons. The number of carbonyl (C=O) groups is 1. The third-order valence-corrected chi connectivity index (χ3v) is 4.98. The molecule has 0 aliphatic carbocycles. The molecule has 0 saturated carbocycles. The van der Waals surface area contributed by atoms with Gasteiger partial charge in [0.2, 0.25) is 5.09 Å². The van der Waals surface area contributed by atoms with Crippen LogP contribution in [0.25, 0.3) is 0 Å². The smallest absolute Gasteiger partial charge is 0.287 e. The molecule has 2 aromatic rings. The molecule has 0 bridgehead atoms. The van der Waals surface area contributed by atoms with Crippen LogP contribution in [0, 0.1) is 0 Å². The van der Waals surface area contributed by atoms with Crippen LogP contribution >= 0.6 is 0 Å². The first-order chi connectivity index (χ1) is 11.0. The van der Waals surface area contributed by atoms with Gasteiger partial charge in [-0.1, -0.05) is 18.2 Å². The van der Waals surface area contributed by atoms with Gasteiger partial charge in [-0.2, -0.15) is 0 Å². The van der Waals surface area contributed by atoms with Crippen molar-refractivity contribution >= 4 is 15.9 Å². The lowest BCUT2D eigenvalue weighted by atomic mass is 10.1. The Morgan fingerprint density at radius 1 is 1.22 bits per heavy atom. The monoisotopic (exact) mass is 335 g/mol. The first-order valence-electron chi connectivity index (χ1n) is 7.12. The van der Waals surface area contributed by atoms with Crippen molar-refractivity contribution in [3.8, 4) is 0 Å². The molecule has 1 aliphatic rings. The van der Waals surface area contributed by atoms with E-state index in [1.807, 2.05) is 12.1 Å². The lowest BCUT2D eigenvalue weighted by Crippen LogP contribution is -2.22. The summed E-state index contributed by atoms with van der Waals surface area (Å²) in [6.45, 7) is 2.05. The number of rotatable bonds is 5. The highest BCUT2D eigenvalue weighted by Gasteiger charge is 2.19. The summed E-state index contributed by atoms with van der Waals surface area (Å²) in [5.41, 5.74) is 3.49. The van der Waals surface area contributed by atoms with Gasteiger partial charge in [0.1, 0.15) is 0 Å².